The highest BCUT2D eigenvalue weighted by Gasteiger charge is 2.33. The van der Waals surface area contributed by atoms with Gasteiger partial charge in [-0.15, -0.1) is 0 Å². The number of nitrogens with zero attached hydrogens (tertiary/aromatic N) is 3. The number of carbonyl (C=O) groups is 1. The van der Waals surface area contributed by atoms with Crippen molar-refractivity contribution >= 4 is 11.7 Å². The minimum absolute atomic E-state index is 0.215. The maximum atomic E-state index is 13.0. The molecular weight excluding hydrogens is 413 g/mol. The third kappa shape index (κ3) is 6.19. The van der Waals surface area contributed by atoms with Crippen LogP contribution in [0.2, 0.25) is 0 Å². The molecule has 1 amide bonds. The summed E-state index contributed by atoms with van der Waals surface area (Å²) >= 11 is 0. The fourth-order valence-corrected chi connectivity index (χ4v) is 3.95. The van der Waals surface area contributed by atoms with Gasteiger partial charge in [0.25, 0.3) is 5.56 Å². The summed E-state index contributed by atoms with van der Waals surface area (Å²) in [5, 5.41) is 16.8. The van der Waals surface area contributed by atoms with E-state index < -0.39 is 34.8 Å². The highest BCUT2D eigenvalue weighted by molar-refractivity contribution is 5.92. The lowest BCUT2D eigenvalue weighted by atomic mass is 9.97. The fourth-order valence-electron chi connectivity index (χ4n) is 3.95. The van der Waals surface area contributed by atoms with Crippen LogP contribution in [0.3, 0.4) is 0 Å². The highest BCUT2D eigenvalue weighted by Crippen LogP contribution is 2.33. The standard InChI is InChI=1S/C21H27F3N4O3/c1-20(2,31)13-27-9-8-17(26-27)25-19(30)16(11-14-5-3-4-6-14)28-10-7-15(12-18(28)29)21(22,23)24/h7-10,12,14,16,31H,3-6,11,13H2,1-2H3,(H,25,26,30)/t16-/m0/s1. The van der Waals surface area contributed by atoms with E-state index in [1.54, 1.807) is 26.1 Å². The Morgan fingerprint density at radius 2 is 1.94 bits per heavy atom. The second kappa shape index (κ2) is 8.86. The Hall–Kier alpha value is -2.62. The zero-order valence-electron chi connectivity index (χ0n) is 17.5. The minimum atomic E-state index is -4.63. The molecule has 3 rings (SSSR count). The van der Waals surface area contributed by atoms with Crippen molar-refractivity contribution in [3.63, 3.8) is 0 Å². The molecular formula is C21H27F3N4O3. The van der Waals surface area contributed by atoms with E-state index in [0.29, 0.717) is 12.5 Å². The van der Waals surface area contributed by atoms with Crippen LogP contribution in [0.25, 0.3) is 0 Å². The van der Waals surface area contributed by atoms with E-state index in [2.05, 4.69) is 10.4 Å². The number of alkyl halides is 3. The molecule has 2 aromatic rings. The van der Waals surface area contributed by atoms with Crippen molar-refractivity contribution in [3.05, 3.63) is 46.5 Å². The third-order valence-corrected chi connectivity index (χ3v) is 5.39. The molecule has 1 fully saturated rings. The van der Waals surface area contributed by atoms with Crippen molar-refractivity contribution in [1.82, 2.24) is 14.3 Å². The average Bonchev–Trinajstić information content (AvgIpc) is 3.30. The smallest absolute Gasteiger partial charge is 0.389 e. The maximum absolute atomic E-state index is 13.0. The second-order valence-electron chi connectivity index (χ2n) is 8.76. The zero-order chi connectivity index (χ0) is 22.8. The van der Waals surface area contributed by atoms with Gasteiger partial charge in [-0.2, -0.15) is 18.3 Å². The Labute approximate surface area is 177 Å². The van der Waals surface area contributed by atoms with Crippen LogP contribution in [-0.2, 0) is 17.5 Å². The fraction of sp³-hybridized carbons (Fsp3) is 0.571. The largest absolute Gasteiger partial charge is 0.416 e. The number of hydrogen-bond donors (Lipinski definition) is 2. The van der Waals surface area contributed by atoms with Gasteiger partial charge in [0.2, 0.25) is 5.91 Å². The number of carbonyl (C=O) groups excluding carboxylic acids is 1. The molecule has 7 nitrogen and oxygen atoms in total. The molecule has 31 heavy (non-hydrogen) atoms. The molecule has 2 heterocycles. The highest BCUT2D eigenvalue weighted by atomic mass is 19.4. The lowest BCUT2D eigenvalue weighted by Crippen LogP contribution is -2.34. The van der Waals surface area contributed by atoms with Gasteiger partial charge in [0.1, 0.15) is 6.04 Å². The molecule has 0 unspecified atom stereocenters. The van der Waals surface area contributed by atoms with Crippen LogP contribution in [0.5, 0.6) is 0 Å². The topological polar surface area (TPSA) is 89.1 Å². The number of nitrogens with one attached hydrogen (secondary N) is 1. The molecule has 2 aromatic heterocycles. The van der Waals surface area contributed by atoms with Gasteiger partial charge in [0.05, 0.1) is 17.7 Å². The van der Waals surface area contributed by atoms with Crippen LogP contribution in [0.15, 0.2) is 35.4 Å². The van der Waals surface area contributed by atoms with Gasteiger partial charge in [-0.1, -0.05) is 25.7 Å². The van der Waals surface area contributed by atoms with Crippen molar-refractivity contribution in [2.75, 3.05) is 5.32 Å². The Balaban J connectivity index is 1.83. The Kier molecular flexibility index (Phi) is 6.59. The molecule has 0 radical (unpaired) electrons. The molecule has 0 bridgehead atoms. The normalized spacial score (nSPS) is 16.5. The summed E-state index contributed by atoms with van der Waals surface area (Å²) in [6.07, 6.45) is 2.26. The molecule has 2 N–H and O–H groups in total. The molecule has 0 saturated heterocycles. The first kappa shape index (κ1) is 23.1. The minimum Gasteiger partial charge on any atom is -0.389 e. The van der Waals surface area contributed by atoms with Crippen LogP contribution in [-0.4, -0.2) is 31.0 Å². The van der Waals surface area contributed by atoms with Gasteiger partial charge in [0.15, 0.2) is 5.82 Å². The van der Waals surface area contributed by atoms with Gasteiger partial charge < -0.3 is 15.0 Å². The number of aliphatic hydroxyl groups is 1. The van der Waals surface area contributed by atoms with Gasteiger partial charge in [-0.25, -0.2) is 0 Å². The van der Waals surface area contributed by atoms with E-state index in [9.17, 15) is 27.9 Å². The van der Waals surface area contributed by atoms with Crippen molar-refractivity contribution in [3.8, 4) is 0 Å². The Morgan fingerprint density at radius 1 is 1.26 bits per heavy atom. The van der Waals surface area contributed by atoms with E-state index in [0.717, 1.165) is 42.5 Å². The number of anilines is 1. The molecule has 0 aliphatic heterocycles. The van der Waals surface area contributed by atoms with E-state index >= 15 is 0 Å². The summed E-state index contributed by atoms with van der Waals surface area (Å²) in [4.78, 5) is 25.5. The molecule has 1 aliphatic rings. The first-order valence-electron chi connectivity index (χ1n) is 10.3. The van der Waals surface area contributed by atoms with E-state index in [4.69, 9.17) is 0 Å². The lowest BCUT2D eigenvalue weighted by molar-refractivity contribution is -0.137. The van der Waals surface area contributed by atoms with Crippen LogP contribution >= 0.6 is 0 Å². The Morgan fingerprint density at radius 3 is 2.52 bits per heavy atom. The van der Waals surface area contributed by atoms with E-state index in [-0.39, 0.29) is 18.3 Å². The predicted octanol–water partition coefficient (Wildman–Crippen LogP) is 3.59. The summed E-state index contributed by atoms with van der Waals surface area (Å²) in [7, 11) is 0. The van der Waals surface area contributed by atoms with Crippen LogP contribution < -0.4 is 10.9 Å². The van der Waals surface area contributed by atoms with Gasteiger partial charge in [0, 0.05) is 24.5 Å². The molecule has 1 atom stereocenters. The maximum Gasteiger partial charge on any atom is 0.416 e. The second-order valence-corrected chi connectivity index (χ2v) is 8.76. The molecule has 0 aromatic carbocycles. The molecule has 1 aliphatic carbocycles. The molecule has 1 saturated carbocycles. The Bertz CT molecular complexity index is 969. The summed E-state index contributed by atoms with van der Waals surface area (Å²) in [6.45, 7) is 3.47. The first-order valence-corrected chi connectivity index (χ1v) is 10.3. The molecule has 170 valence electrons. The summed E-state index contributed by atoms with van der Waals surface area (Å²) in [6, 6.07) is 1.95. The van der Waals surface area contributed by atoms with Gasteiger partial charge in [-0.3, -0.25) is 14.3 Å². The quantitative estimate of drug-likeness (QED) is 0.689. The van der Waals surface area contributed by atoms with Crippen molar-refractivity contribution in [2.45, 2.75) is 70.3 Å². The summed E-state index contributed by atoms with van der Waals surface area (Å²) in [5.41, 5.74) is -2.91. The SMILES string of the molecule is CC(C)(O)Cn1ccc(NC(=O)[C@H](CC2CCCC2)n2ccc(C(F)(F)F)cc2=O)n1. The average molecular weight is 440 g/mol. The van der Waals surface area contributed by atoms with E-state index in [1.165, 1.54) is 4.68 Å². The number of amides is 1. The third-order valence-electron chi connectivity index (χ3n) is 5.39. The summed E-state index contributed by atoms with van der Waals surface area (Å²) in [5.74, 6) is -0.0504. The lowest BCUT2D eigenvalue weighted by Gasteiger charge is -2.22. The van der Waals surface area contributed by atoms with Crippen molar-refractivity contribution < 1.29 is 23.1 Å². The van der Waals surface area contributed by atoms with Gasteiger partial charge >= 0.3 is 6.18 Å². The van der Waals surface area contributed by atoms with Crippen molar-refractivity contribution in [2.24, 2.45) is 5.92 Å². The van der Waals surface area contributed by atoms with E-state index in [1.807, 2.05) is 0 Å². The van der Waals surface area contributed by atoms with Crippen LogP contribution in [0.1, 0.15) is 57.6 Å². The number of pyridine rings is 1. The number of aromatic nitrogens is 3. The number of rotatable bonds is 7. The zero-order valence-corrected chi connectivity index (χ0v) is 17.5. The van der Waals surface area contributed by atoms with Crippen LogP contribution in [0.4, 0.5) is 19.0 Å². The first-order chi connectivity index (χ1) is 14.4. The van der Waals surface area contributed by atoms with Crippen molar-refractivity contribution in [1.29, 1.82) is 0 Å². The monoisotopic (exact) mass is 440 g/mol. The van der Waals surface area contributed by atoms with Gasteiger partial charge in [-0.05, 0) is 32.3 Å². The number of halogens is 3. The molecule has 10 heteroatoms. The molecule has 0 spiro atoms. The predicted molar refractivity (Wildman–Crippen MR) is 108 cm³/mol. The van der Waals surface area contributed by atoms with Crippen LogP contribution in [0, 0.1) is 5.92 Å². The number of hydrogen-bond acceptors (Lipinski definition) is 4. The summed E-state index contributed by atoms with van der Waals surface area (Å²) < 4.78 is 41.4.